The fourth-order valence-corrected chi connectivity index (χ4v) is 1.76. The molecule has 0 unspecified atom stereocenters. The van der Waals surface area contributed by atoms with Crippen molar-refractivity contribution in [1.29, 1.82) is 0 Å². The zero-order chi connectivity index (χ0) is 12.3. The molecule has 0 aliphatic heterocycles. The lowest BCUT2D eigenvalue weighted by Crippen LogP contribution is -2.09. The maximum atomic E-state index is 11.2. The summed E-state index contributed by atoms with van der Waals surface area (Å²) in [5.74, 6) is 0.158. The Morgan fingerprint density at radius 1 is 1.41 bits per heavy atom. The van der Waals surface area contributed by atoms with Gasteiger partial charge < -0.3 is 9.84 Å². The summed E-state index contributed by atoms with van der Waals surface area (Å²) in [4.78, 5) is 10.5. The number of hydrogen-bond acceptors (Lipinski definition) is 4. The van der Waals surface area contributed by atoms with Gasteiger partial charge in [0.2, 0.25) is 0 Å². The van der Waals surface area contributed by atoms with Gasteiger partial charge in [0.25, 0.3) is 0 Å². The maximum absolute atomic E-state index is 11.2. The molecule has 0 saturated carbocycles. The van der Waals surface area contributed by atoms with Gasteiger partial charge in [0.05, 0.1) is 17.7 Å². The van der Waals surface area contributed by atoms with Gasteiger partial charge in [-0.15, -0.1) is 12.4 Å². The van der Waals surface area contributed by atoms with Crippen LogP contribution in [0.1, 0.15) is 0 Å². The van der Waals surface area contributed by atoms with Crippen LogP contribution in [0.5, 0.6) is 5.75 Å². The Bertz CT molecular complexity index is 514. The van der Waals surface area contributed by atoms with Crippen molar-refractivity contribution in [2.45, 2.75) is 4.90 Å². The molecular weight excluding hydrogens is 270 g/mol. The summed E-state index contributed by atoms with van der Waals surface area (Å²) in [6, 6.07) is 3.91. The van der Waals surface area contributed by atoms with Crippen LogP contribution in [-0.4, -0.2) is 33.0 Å². The van der Waals surface area contributed by atoms with Crippen LogP contribution in [0.4, 0.5) is 10.5 Å². The van der Waals surface area contributed by atoms with Gasteiger partial charge in [0.15, 0.2) is 9.84 Å². The molecule has 0 aliphatic rings. The highest BCUT2D eigenvalue weighted by atomic mass is 35.5. The molecule has 0 atom stereocenters. The third-order valence-electron chi connectivity index (χ3n) is 1.84. The van der Waals surface area contributed by atoms with Crippen molar-refractivity contribution in [3.05, 3.63) is 18.2 Å². The van der Waals surface area contributed by atoms with Crippen molar-refractivity contribution in [2.24, 2.45) is 0 Å². The third kappa shape index (κ3) is 4.12. The molecule has 0 fully saturated rings. The number of anilines is 1. The SMILES string of the molecule is COc1cc(S(C)(=O)=O)ccc1NC(=O)O.Cl. The Balaban J connectivity index is 0.00000256. The van der Waals surface area contributed by atoms with E-state index in [9.17, 15) is 13.2 Å². The zero-order valence-corrected chi connectivity index (χ0v) is 10.8. The molecule has 0 bridgehead atoms. The van der Waals surface area contributed by atoms with Gasteiger partial charge in [0, 0.05) is 12.3 Å². The van der Waals surface area contributed by atoms with Crippen LogP contribution in [0, 0.1) is 0 Å². The van der Waals surface area contributed by atoms with Gasteiger partial charge in [-0.25, -0.2) is 13.2 Å². The normalized spacial score (nSPS) is 10.2. The fourth-order valence-electron chi connectivity index (χ4n) is 1.12. The lowest BCUT2D eigenvalue weighted by Gasteiger charge is -2.09. The third-order valence-corrected chi connectivity index (χ3v) is 2.95. The Morgan fingerprint density at radius 2 is 2.00 bits per heavy atom. The molecule has 17 heavy (non-hydrogen) atoms. The van der Waals surface area contributed by atoms with Gasteiger partial charge in [-0.2, -0.15) is 0 Å². The van der Waals surface area contributed by atoms with Crippen molar-refractivity contribution in [3.63, 3.8) is 0 Å². The summed E-state index contributed by atoms with van der Waals surface area (Å²) in [5.41, 5.74) is 0.197. The minimum absolute atomic E-state index is 0. The standard InChI is InChI=1S/C9H11NO5S.ClH/c1-15-8-5-6(16(2,13)14)3-4-7(8)10-9(11)12;/h3-5,10H,1-2H3,(H,11,12);1H. The molecule has 6 nitrogen and oxygen atoms in total. The fraction of sp³-hybridized carbons (Fsp3) is 0.222. The van der Waals surface area contributed by atoms with Gasteiger partial charge in [-0.05, 0) is 12.1 Å². The lowest BCUT2D eigenvalue weighted by atomic mass is 10.3. The average Bonchev–Trinajstić information content (AvgIpc) is 2.15. The largest absolute Gasteiger partial charge is 0.495 e. The van der Waals surface area contributed by atoms with E-state index in [-0.39, 0.29) is 28.7 Å². The second-order valence-electron chi connectivity index (χ2n) is 3.06. The Labute approximate surface area is 105 Å². The molecule has 1 aromatic carbocycles. The minimum Gasteiger partial charge on any atom is -0.495 e. The Kier molecular flexibility index (Phi) is 5.24. The molecular formula is C9H12ClNO5S. The van der Waals surface area contributed by atoms with Crippen LogP contribution in [-0.2, 0) is 9.84 Å². The highest BCUT2D eigenvalue weighted by Crippen LogP contribution is 2.27. The summed E-state index contributed by atoms with van der Waals surface area (Å²) >= 11 is 0. The van der Waals surface area contributed by atoms with Crippen molar-refractivity contribution < 1.29 is 23.1 Å². The Morgan fingerprint density at radius 3 is 2.41 bits per heavy atom. The van der Waals surface area contributed by atoms with Gasteiger partial charge in [-0.3, -0.25) is 5.32 Å². The monoisotopic (exact) mass is 281 g/mol. The number of methoxy groups -OCH3 is 1. The summed E-state index contributed by atoms with van der Waals surface area (Å²) in [5, 5.41) is 10.6. The van der Waals surface area contributed by atoms with E-state index in [1.807, 2.05) is 0 Å². The summed E-state index contributed by atoms with van der Waals surface area (Å²) < 4.78 is 27.4. The smallest absolute Gasteiger partial charge is 0.409 e. The van der Waals surface area contributed by atoms with E-state index in [4.69, 9.17) is 9.84 Å². The summed E-state index contributed by atoms with van der Waals surface area (Å²) in [6.45, 7) is 0. The van der Waals surface area contributed by atoms with Crippen LogP contribution < -0.4 is 10.1 Å². The molecule has 0 saturated heterocycles. The van der Waals surface area contributed by atoms with E-state index in [0.717, 1.165) is 6.26 Å². The van der Waals surface area contributed by atoms with Crippen LogP contribution >= 0.6 is 12.4 Å². The van der Waals surface area contributed by atoms with Crippen LogP contribution in [0.3, 0.4) is 0 Å². The van der Waals surface area contributed by atoms with E-state index >= 15 is 0 Å². The number of amides is 1. The van der Waals surface area contributed by atoms with E-state index in [1.54, 1.807) is 0 Å². The first kappa shape index (κ1) is 15.5. The number of hydrogen-bond donors (Lipinski definition) is 2. The van der Waals surface area contributed by atoms with Gasteiger partial charge >= 0.3 is 6.09 Å². The average molecular weight is 282 g/mol. The minimum atomic E-state index is -3.34. The molecule has 1 aromatic rings. The van der Waals surface area contributed by atoms with Crippen LogP contribution in [0.25, 0.3) is 0 Å². The summed E-state index contributed by atoms with van der Waals surface area (Å²) in [6.07, 6.45) is -0.183. The predicted octanol–water partition coefficient (Wildman–Crippen LogP) is 1.61. The second kappa shape index (κ2) is 5.74. The van der Waals surface area contributed by atoms with Gasteiger partial charge in [-0.1, -0.05) is 0 Å². The number of nitrogens with one attached hydrogen (secondary N) is 1. The molecule has 1 amide bonds. The van der Waals surface area contributed by atoms with E-state index in [1.165, 1.54) is 25.3 Å². The number of carboxylic acid groups (broad SMARTS) is 1. The summed E-state index contributed by atoms with van der Waals surface area (Å²) in [7, 11) is -2.01. The molecule has 0 heterocycles. The number of ether oxygens (including phenoxy) is 1. The first-order valence-corrected chi connectivity index (χ1v) is 6.12. The first-order chi connectivity index (χ1) is 7.34. The molecule has 0 aliphatic carbocycles. The second-order valence-corrected chi connectivity index (χ2v) is 5.08. The lowest BCUT2D eigenvalue weighted by molar-refractivity contribution is 0.209. The molecule has 2 N–H and O–H groups in total. The van der Waals surface area contributed by atoms with Crippen LogP contribution in [0.15, 0.2) is 23.1 Å². The predicted molar refractivity (Wildman–Crippen MR) is 65.0 cm³/mol. The number of rotatable bonds is 3. The van der Waals surface area contributed by atoms with E-state index in [2.05, 4.69) is 5.32 Å². The van der Waals surface area contributed by atoms with Crippen LogP contribution in [0.2, 0.25) is 0 Å². The number of sulfone groups is 1. The number of benzene rings is 1. The molecule has 0 aromatic heterocycles. The van der Waals surface area contributed by atoms with E-state index in [0.29, 0.717) is 0 Å². The highest BCUT2D eigenvalue weighted by molar-refractivity contribution is 7.90. The molecule has 8 heteroatoms. The Hall–Kier alpha value is -1.47. The van der Waals surface area contributed by atoms with Crippen molar-refractivity contribution in [2.75, 3.05) is 18.7 Å². The molecule has 0 spiro atoms. The van der Waals surface area contributed by atoms with E-state index < -0.39 is 15.9 Å². The van der Waals surface area contributed by atoms with Gasteiger partial charge in [0.1, 0.15) is 5.75 Å². The topological polar surface area (TPSA) is 92.7 Å². The zero-order valence-electron chi connectivity index (χ0n) is 9.13. The first-order valence-electron chi connectivity index (χ1n) is 4.22. The number of carbonyl (C=O) groups is 1. The highest BCUT2D eigenvalue weighted by Gasteiger charge is 2.12. The van der Waals surface area contributed by atoms with Crippen molar-refractivity contribution in [3.8, 4) is 5.75 Å². The number of halogens is 1. The van der Waals surface area contributed by atoms with Crippen molar-refractivity contribution >= 4 is 34.0 Å². The molecule has 96 valence electrons. The molecule has 1 rings (SSSR count). The maximum Gasteiger partial charge on any atom is 0.409 e. The molecule has 0 radical (unpaired) electrons. The van der Waals surface area contributed by atoms with Crippen molar-refractivity contribution in [1.82, 2.24) is 0 Å². The quantitative estimate of drug-likeness (QED) is 0.878.